The van der Waals surface area contributed by atoms with Gasteiger partial charge in [0.25, 0.3) is 5.91 Å². The van der Waals surface area contributed by atoms with Crippen LogP contribution in [-0.4, -0.2) is 31.5 Å². The maximum absolute atomic E-state index is 13.1. The summed E-state index contributed by atoms with van der Waals surface area (Å²) in [6.45, 7) is 0. The highest BCUT2D eigenvalue weighted by Crippen LogP contribution is 2.36. The molecule has 3 heterocycles. The Bertz CT molecular complexity index is 1250. The second-order valence-corrected chi connectivity index (χ2v) is 9.01. The number of carbonyl (C=O) groups is 2. The van der Waals surface area contributed by atoms with Crippen LogP contribution < -0.4 is 10.7 Å². The Labute approximate surface area is 199 Å². The Hall–Kier alpha value is -2.97. The quantitative estimate of drug-likeness (QED) is 0.507. The summed E-state index contributed by atoms with van der Waals surface area (Å²) in [5.41, 5.74) is 0.248. The van der Waals surface area contributed by atoms with Crippen molar-refractivity contribution in [3.8, 4) is 0 Å². The van der Waals surface area contributed by atoms with Crippen LogP contribution in [0.5, 0.6) is 0 Å². The lowest BCUT2D eigenvalue weighted by molar-refractivity contribution is -0.137. The minimum Gasteiger partial charge on any atom is -0.481 e. The van der Waals surface area contributed by atoms with E-state index in [2.05, 4.69) is 15.3 Å². The number of carboxylic acid groups (broad SMARTS) is 1. The van der Waals surface area contributed by atoms with Crippen LogP contribution >= 0.6 is 23.2 Å². The van der Waals surface area contributed by atoms with Crippen molar-refractivity contribution in [2.75, 3.05) is 5.32 Å². The molecule has 3 aromatic heterocycles. The van der Waals surface area contributed by atoms with Crippen molar-refractivity contribution in [1.82, 2.24) is 14.5 Å². The molecule has 0 bridgehead atoms. The number of amides is 1. The number of hydrogen-bond donors (Lipinski definition) is 2. The summed E-state index contributed by atoms with van der Waals surface area (Å²) in [5, 5.41) is 12.3. The third kappa shape index (κ3) is 5.02. The summed E-state index contributed by atoms with van der Waals surface area (Å²) in [6, 6.07) is 3.36. The van der Waals surface area contributed by atoms with E-state index in [1.807, 2.05) is 4.57 Å². The van der Waals surface area contributed by atoms with Crippen LogP contribution in [0.3, 0.4) is 0 Å². The minimum atomic E-state index is -0.780. The number of aliphatic carboxylic acids is 1. The standard InChI is InChI=1S/C23H22Cl2N4O4/c24-17-10-26-11-18(25)20(17)28-23(33)16-12-29(22-15(21(16)32)2-1-9-27-22)14-6-3-13(4-7-14)5-8-19(30)31/h1-2,9-14H,3-8H2,(H,30,31)(H,26,28,33)/t13-,14-. The van der Waals surface area contributed by atoms with Gasteiger partial charge >= 0.3 is 5.97 Å². The van der Waals surface area contributed by atoms with Crippen molar-refractivity contribution in [2.45, 2.75) is 44.6 Å². The third-order valence-electron chi connectivity index (χ3n) is 6.10. The average molecular weight is 489 g/mol. The lowest BCUT2D eigenvalue weighted by Gasteiger charge is -2.31. The predicted octanol–water partition coefficient (Wildman–Crippen LogP) is 4.95. The zero-order valence-corrected chi connectivity index (χ0v) is 19.1. The number of aromatic nitrogens is 3. The van der Waals surface area contributed by atoms with Gasteiger partial charge in [-0.05, 0) is 50.2 Å². The van der Waals surface area contributed by atoms with Gasteiger partial charge in [-0.25, -0.2) is 4.98 Å². The van der Waals surface area contributed by atoms with Crippen LogP contribution in [0.25, 0.3) is 11.0 Å². The van der Waals surface area contributed by atoms with Crippen molar-refractivity contribution < 1.29 is 14.7 Å². The first-order chi connectivity index (χ1) is 15.8. The molecule has 0 radical (unpaired) electrons. The monoisotopic (exact) mass is 488 g/mol. The highest BCUT2D eigenvalue weighted by atomic mass is 35.5. The number of halogens is 2. The zero-order chi connectivity index (χ0) is 23.5. The van der Waals surface area contributed by atoms with Crippen LogP contribution in [-0.2, 0) is 4.79 Å². The molecule has 0 aliphatic heterocycles. The normalized spacial score (nSPS) is 18.2. The SMILES string of the molecule is O=C(O)CC[C@H]1CC[C@H](n2cc(C(=O)Nc3c(Cl)cncc3Cl)c(=O)c3cccnc32)CC1. The van der Waals surface area contributed by atoms with Gasteiger partial charge < -0.3 is 15.0 Å². The van der Waals surface area contributed by atoms with Crippen molar-refractivity contribution in [3.05, 3.63) is 62.8 Å². The first-order valence-electron chi connectivity index (χ1n) is 10.7. The molecule has 0 saturated heterocycles. The molecule has 1 amide bonds. The Morgan fingerprint density at radius 3 is 2.52 bits per heavy atom. The number of carbonyl (C=O) groups excluding carboxylic acids is 1. The molecule has 1 aliphatic rings. The van der Waals surface area contributed by atoms with Crippen LogP contribution in [0.2, 0.25) is 10.0 Å². The molecule has 172 valence electrons. The molecule has 3 aromatic rings. The maximum Gasteiger partial charge on any atom is 0.303 e. The first kappa shape index (κ1) is 23.2. The van der Waals surface area contributed by atoms with Gasteiger partial charge in [-0.2, -0.15) is 0 Å². The van der Waals surface area contributed by atoms with Crippen LogP contribution in [0.4, 0.5) is 5.69 Å². The van der Waals surface area contributed by atoms with Crippen LogP contribution in [0.15, 0.2) is 41.7 Å². The van der Waals surface area contributed by atoms with E-state index in [-0.39, 0.29) is 33.8 Å². The maximum atomic E-state index is 13.1. The lowest BCUT2D eigenvalue weighted by atomic mass is 9.83. The summed E-state index contributed by atoms with van der Waals surface area (Å²) >= 11 is 12.2. The Balaban J connectivity index is 1.66. The second-order valence-electron chi connectivity index (χ2n) is 8.19. The number of anilines is 1. The predicted molar refractivity (Wildman–Crippen MR) is 126 cm³/mol. The molecule has 1 fully saturated rings. The molecule has 0 atom stereocenters. The Morgan fingerprint density at radius 1 is 1.15 bits per heavy atom. The van der Waals surface area contributed by atoms with E-state index in [4.69, 9.17) is 28.3 Å². The van der Waals surface area contributed by atoms with Gasteiger partial charge in [0.1, 0.15) is 11.2 Å². The lowest BCUT2D eigenvalue weighted by Crippen LogP contribution is -2.27. The van der Waals surface area contributed by atoms with E-state index in [9.17, 15) is 14.4 Å². The fourth-order valence-corrected chi connectivity index (χ4v) is 4.83. The molecule has 0 unspecified atom stereocenters. The van der Waals surface area contributed by atoms with Gasteiger partial charge in [0.2, 0.25) is 5.43 Å². The van der Waals surface area contributed by atoms with Gasteiger partial charge in [0.15, 0.2) is 0 Å². The molecular formula is C23H22Cl2N4O4. The number of hydrogen-bond acceptors (Lipinski definition) is 5. The molecule has 33 heavy (non-hydrogen) atoms. The molecule has 2 N–H and O–H groups in total. The van der Waals surface area contributed by atoms with E-state index in [0.29, 0.717) is 23.4 Å². The van der Waals surface area contributed by atoms with Crippen LogP contribution in [0, 0.1) is 5.92 Å². The topological polar surface area (TPSA) is 114 Å². The van der Waals surface area contributed by atoms with Crippen molar-refractivity contribution in [1.29, 1.82) is 0 Å². The summed E-state index contributed by atoms with van der Waals surface area (Å²) in [7, 11) is 0. The molecule has 10 heteroatoms. The van der Waals surface area contributed by atoms with E-state index in [1.165, 1.54) is 12.4 Å². The smallest absolute Gasteiger partial charge is 0.303 e. The highest BCUT2D eigenvalue weighted by Gasteiger charge is 2.26. The first-order valence-corrected chi connectivity index (χ1v) is 11.4. The second kappa shape index (κ2) is 9.89. The number of nitrogens with zero attached hydrogens (tertiary/aromatic N) is 3. The van der Waals surface area contributed by atoms with Gasteiger partial charge in [0, 0.05) is 37.3 Å². The molecule has 0 aromatic carbocycles. The van der Waals surface area contributed by atoms with E-state index in [0.717, 1.165) is 25.7 Å². The average Bonchev–Trinajstić information content (AvgIpc) is 2.81. The van der Waals surface area contributed by atoms with E-state index in [1.54, 1.807) is 24.5 Å². The number of carboxylic acids is 1. The largest absolute Gasteiger partial charge is 0.481 e. The summed E-state index contributed by atoms with van der Waals surface area (Å²) in [4.78, 5) is 45.4. The molecule has 4 rings (SSSR count). The highest BCUT2D eigenvalue weighted by molar-refractivity contribution is 6.39. The fraction of sp³-hybridized carbons (Fsp3) is 0.348. The molecule has 1 saturated carbocycles. The van der Waals surface area contributed by atoms with Crippen LogP contribution in [0.1, 0.15) is 54.9 Å². The zero-order valence-electron chi connectivity index (χ0n) is 17.6. The van der Waals surface area contributed by atoms with Crippen molar-refractivity contribution in [3.63, 3.8) is 0 Å². The number of nitrogens with one attached hydrogen (secondary N) is 1. The summed E-state index contributed by atoms with van der Waals surface area (Å²) < 4.78 is 1.90. The van der Waals surface area contributed by atoms with Crippen molar-refractivity contribution in [2.24, 2.45) is 5.92 Å². The summed E-state index contributed by atoms with van der Waals surface area (Å²) in [6.07, 6.45) is 10.1. The molecule has 8 nitrogen and oxygen atoms in total. The van der Waals surface area contributed by atoms with Gasteiger partial charge in [-0.15, -0.1) is 0 Å². The van der Waals surface area contributed by atoms with E-state index < -0.39 is 17.3 Å². The van der Waals surface area contributed by atoms with E-state index >= 15 is 0 Å². The Kier molecular flexibility index (Phi) is 6.95. The minimum absolute atomic E-state index is 0.0348. The third-order valence-corrected chi connectivity index (χ3v) is 6.67. The van der Waals surface area contributed by atoms with Crippen molar-refractivity contribution >= 4 is 51.8 Å². The van der Waals surface area contributed by atoms with Gasteiger partial charge in [-0.1, -0.05) is 23.2 Å². The number of fused-ring (bicyclic) bond motifs is 1. The Morgan fingerprint density at radius 2 is 1.85 bits per heavy atom. The summed E-state index contributed by atoms with van der Waals surface area (Å²) in [5.74, 6) is -1.04. The number of pyridine rings is 3. The number of rotatable bonds is 6. The molecule has 1 aliphatic carbocycles. The molecule has 0 spiro atoms. The van der Waals surface area contributed by atoms with Gasteiger partial charge in [0.05, 0.1) is 21.1 Å². The molecular weight excluding hydrogens is 467 g/mol. The fourth-order valence-electron chi connectivity index (χ4n) is 4.37. The van der Waals surface area contributed by atoms with Gasteiger partial charge in [-0.3, -0.25) is 19.4 Å².